The highest BCUT2D eigenvalue weighted by Gasteiger charge is 2.04. The highest BCUT2D eigenvalue weighted by molar-refractivity contribution is 6.31. The van der Waals surface area contributed by atoms with Crippen LogP contribution in [-0.2, 0) is 0 Å². The summed E-state index contributed by atoms with van der Waals surface area (Å²) in [5, 5.41) is 8.35. The van der Waals surface area contributed by atoms with E-state index >= 15 is 0 Å². The largest absolute Gasteiger partial charge is 0.497 e. The van der Waals surface area contributed by atoms with Gasteiger partial charge in [-0.25, -0.2) is 0 Å². The van der Waals surface area contributed by atoms with Crippen LogP contribution in [0.15, 0.2) is 30.5 Å². The molecule has 2 rings (SSSR count). The first kappa shape index (κ1) is 10.7. The van der Waals surface area contributed by atoms with Crippen molar-refractivity contribution in [2.24, 2.45) is 0 Å². The van der Waals surface area contributed by atoms with E-state index in [0.717, 1.165) is 5.56 Å². The Labute approximate surface area is 98.0 Å². The number of benzene rings is 1. The number of ether oxygens (including phenoxy) is 1. The lowest BCUT2D eigenvalue weighted by atomic mass is 10.1. The van der Waals surface area contributed by atoms with Crippen molar-refractivity contribution in [3.05, 3.63) is 35.5 Å². The SMILES string of the molecule is COc1cc(Cl)cc(-c2cc(N)cnn2)c1. The number of nitrogens with two attached hydrogens (primary N) is 1. The van der Waals surface area contributed by atoms with Gasteiger partial charge < -0.3 is 10.5 Å². The zero-order chi connectivity index (χ0) is 11.5. The third-order valence-corrected chi connectivity index (χ3v) is 2.30. The zero-order valence-corrected chi connectivity index (χ0v) is 9.40. The molecule has 0 saturated carbocycles. The van der Waals surface area contributed by atoms with Crippen LogP contribution in [0, 0.1) is 0 Å². The molecule has 0 unspecified atom stereocenters. The molecule has 1 aromatic carbocycles. The molecular formula is C11H10ClN3O. The molecule has 2 N–H and O–H groups in total. The molecule has 2 aromatic rings. The first-order valence-corrected chi connectivity index (χ1v) is 5.00. The molecule has 1 heterocycles. The minimum absolute atomic E-state index is 0.559. The summed E-state index contributed by atoms with van der Waals surface area (Å²) in [5.41, 5.74) is 7.69. The number of anilines is 1. The van der Waals surface area contributed by atoms with E-state index in [1.54, 1.807) is 25.3 Å². The van der Waals surface area contributed by atoms with E-state index in [1.807, 2.05) is 6.07 Å². The van der Waals surface area contributed by atoms with Crippen molar-refractivity contribution in [3.8, 4) is 17.0 Å². The monoisotopic (exact) mass is 235 g/mol. The quantitative estimate of drug-likeness (QED) is 0.868. The number of methoxy groups -OCH3 is 1. The molecule has 1 aromatic heterocycles. The maximum absolute atomic E-state index is 5.96. The second-order valence-corrected chi connectivity index (χ2v) is 3.69. The average molecular weight is 236 g/mol. The van der Waals surface area contributed by atoms with Gasteiger partial charge in [-0.1, -0.05) is 11.6 Å². The summed E-state index contributed by atoms with van der Waals surface area (Å²) in [5.74, 6) is 0.673. The Hall–Kier alpha value is -1.81. The number of aromatic nitrogens is 2. The Kier molecular flexibility index (Phi) is 2.92. The van der Waals surface area contributed by atoms with Crippen molar-refractivity contribution in [2.75, 3.05) is 12.8 Å². The molecule has 0 bridgehead atoms. The molecule has 0 aliphatic rings. The van der Waals surface area contributed by atoms with Crippen molar-refractivity contribution in [1.82, 2.24) is 10.2 Å². The minimum atomic E-state index is 0.559. The fraction of sp³-hybridized carbons (Fsp3) is 0.0909. The summed E-state index contributed by atoms with van der Waals surface area (Å²) < 4.78 is 5.12. The Morgan fingerprint density at radius 1 is 1.25 bits per heavy atom. The van der Waals surface area contributed by atoms with Gasteiger partial charge in [-0.2, -0.15) is 10.2 Å². The lowest BCUT2D eigenvalue weighted by molar-refractivity contribution is 0.415. The van der Waals surface area contributed by atoms with Crippen LogP contribution in [0.4, 0.5) is 5.69 Å². The van der Waals surface area contributed by atoms with E-state index in [2.05, 4.69) is 10.2 Å². The van der Waals surface area contributed by atoms with Crippen molar-refractivity contribution < 1.29 is 4.74 Å². The lowest BCUT2D eigenvalue weighted by Gasteiger charge is -2.05. The Morgan fingerprint density at radius 2 is 2.06 bits per heavy atom. The normalized spacial score (nSPS) is 10.1. The molecule has 5 heteroatoms. The Balaban J connectivity index is 2.51. The number of nitrogen functional groups attached to an aromatic ring is 1. The molecule has 82 valence electrons. The summed E-state index contributed by atoms with van der Waals surface area (Å²) in [6, 6.07) is 7.08. The van der Waals surface area contributed by atoms with Gasteiger partial charge in [-0.05, 0) is 24.3 Å². The van der Waals surface area contributed by atoms with Gasteiger partial charge >= 0.3 is 0 Å². The Bertz CT molecular complexity index is 516. The van der Waals surface area contributed by atoms with Gasteiger partial charge in [-0.15, -0.1) is 0 Å². The van der Waals surface area contributed by atoms with Gasteiger partial charge in [0, 0.05) is 10.6 Å². The van der Waals surface area contributed by atoms with Crippen molar-refractivity contribution >= 4 is 17.3 Å². The standard InChI is InChI=1S/C11H10ClN3O/c1-16-10-3-7(2-8(12)4-10)11-5-9(13)6-14-15-11/h2-6H,1H3,(H2,13,15). The molecular weight excluding hydrogens is 226 g/mol. The summed E-state index contributed by atoms with van der Waals surface area (Å²) in [6.07, 6.45) is 1.49. The average Bonchev–Trinajstić information content (AvgIpc) is 2.28. The van der Waals surface area contributed by atoms with Crippen LogP contribution in [0.2, 0.25) is 5.02 Å². The van der Waals surface area contributed by atoms with Crippen LogP contribution in [0.3, 0.4) is 0 Å². The van der Waals surface area contributed by atoms with Gasteiger partial charge in [0.1, 0.15) is 5.75 Å². The number of halogens is 1. The molecule has 0 fully saturated rings. The molecule has 0 spiro atoms. The fourth-order valence-electron chi connectivity index (χ4n) is 1.35. The topological polar surface area (TPSA) is 61.0 Å². The third-order valence-electron chi connectivity index (χ3n) is 2.08. The molecule has 16 heavy (non-hydrogen) atoms. The summed E-state index contributed by atoms with van der Waals surface area (Å²) in [6.45, 7) is 0. The van der Waals surface area contributed by atoms with Gasteiger partial charge in [0.15, 0.2) is 0 Å². The summed E-state index contributed by atoms with van der Waals surface area (Å²) >= 11 is 5.96. The third kappa shape index (κ3) is 2.23. The van der Waals surface area contributed by atoms with E-state index in [4.69, 9.17) is 22.1 Å². The van der Waals surface area contributed by atoms with Crippen LogP contribution >= 0.6 is 11.6 Å². The van der Waals surface area contributed by atoms with Crippen molar-refractivity contribution in [1.29, 1.82) is 0 Å². The summed E-state index contributed by atoms with van der Waals surface area (Å²) in [7, 11) is 1.58. The van der Waals surface area contributed by atoms with Gasteiger partial charge in [0.25, 0.3) is 0 Å². The van der Waals surface area contributed by atoms with Crippen molar-refractivity contribution in [3.63, 3.8) is 0 Å². The first-order chi connectivity index (χ1) is 7.69. The molecule has 0 aliphatic heterocycles. The predicted octanol–water partition coefficient (Wildman–Crippen LogP) is 2.39. The maximum atomic E-state index is 5.96. The van der Waals surface area contributed by atoms with E-state index in [0.29, 0.717) is 22.2 Å². The van der Waals surface area contributed by atoms with Gasteiger partial charge in [-0.3, -0.25) is 0 Å². The van der Waals surface area contributed by atoms with E-state index < -0.39 is 0 Å². The molecule has 0 radical (unpaired) electrons. The number of nitrogens with zero attached hydrogens (tertiary/aromatic N) is 2. The predicted molar refractivity (Wildman–Crippen MR) is 63.4 cm³/mol. The minimum Gasteiger partial charge on any atom is -0.497 e. The second kappa shape index (κ2) is 4.37. The molecule has 0 amide bonds. The number of rotatable bonds is 2. The van der Waals surface area contributed by atoms with Crippen LogP contribution in [0.25, 0.3) is 11.3 Å². The highest BCUT2D eigenvalue weighted by atomic mass is 35.5. The van der Waals surface area contributed by atoms with Gasteiger partial charge in [0.2, 0.25) is 0 Å². The van der Waals surface area contributed by atoms with E-state index in [1.165, 1.54) is 6.20 Å². The smallest absolute Gasteiger partial charge is 0.121 e. The molecule has 0 aliphatic carbocycles. The fourth-order valence-corrected chi connectivity index (χ4v) is 1.58. The second-order valence-electron chi connectivity index (χ2n) is 3.25. The zero-order valence-electron chi connectivity index (χ0n) is 8.64. The molecule has 4 nitrogen and oxygen atoms in total. The maximum Gasteiger partial charge on any atom is 0.121 e. The number of hydrogen-bond donors (Lipinski definition) is 1. The van der Waals surface area contributed by atoms with Crippen LogP contribution in [-0.4, -0.2) is 17.3 Å². The molecule has 0 saturated heterocycles. The van der Waals surface area contributed by atoms with E-state index in [-0.39, 0.29) is 0 Å². The highest BCUT2D eigenvalue weighted by Crippen LogP contribution is 2.27. The Morgan fingerprint density at radius 3 is 2.75 bits per heavy atom. The van der Waals surface area contributed by atoms with Crippen LogP contribution in [0.5, 0.6) is 5.75 Å². The lowest BCUT2D eigenvalue weighted by Crippen LogP contribution is -1.92. The number of hydrogen-bond acceptors (Lipinski definition) is 4. The van der Waals surface area contributed by atoms with E-state index in [9.17, 15) is 0 Å². The summed E-state index contributed by atoms with van der Waals surface area (Å²) in [4.78, 5) is 0. The molecule has 0 atom stereocenters. The van der Waals surface area contributed by atoms with Crippen LogP contribution < -0.4 is 10.5 Å². The first-order valence-electron chi connectivity index (χ1n) is 4.62. The van der Waals surface area contributed by atoms with Crippen molar-refractivity contribution in [2.45, 2.75) is 0 Å². The van der Waals surface area contributed by atoms with Gasteiger partial charge in [0.05, 0.1) is 24.7 Å². The van der Waals surface area contributed by atoms with Crippen LogP contribution in [0.1, 0.15) is 0 Å².